The zero-order valence-corrected chi connectivity index (χ0v) is 15.5. The van der Waals surface area contributed by atoms with Gasteiger partial charge in [0.1, 0.15) is 11.3 Å². The van der Waals surface area contributed by atoms with Gasteiger partial charge in [0.2, 0.25) is 5.91 Å². The van der Waals surface area contributed by atoms with Crippen LogP contribution in [0.2, 0.25) is 0 Å². The molecular formula is C22H20N2O4. The Balaban J connectivity index is 1.48. The van der Waals surface area contributed by atoms with Crippen molar-refractivity contribution in [2.75, 3.05) is 18.1 Å². The molecular weight excluding hydrogens is 356 g/mol. The predicted molar refractivity (Wildman–Crippen MR) is 105 cm³/mol. The van der Waals surface area contributed by atoms with Crippen molar-refractivity contribution in [2.45, 2.75) is 13.3 Å². The predicted octanol–water partition coefficient (Wildman–Crippen LogP) is 3.59. The SMILES string of the molecule is CCOc1ccc(N2C[C@@H](C(=O)Oc3cccc4cccnc34)CC2=O)cc1. The van der Waals surface area contributed by atoms with Crippen LogP contribution in [0.3, 0.4) is 0 Å². The Labute approximate surface area is 162 Å². The first-order valence-corrected chi connectivity index (χ1v) is 9.24. The van der Waals surface area contributed by atoms with E-state index < -0.39 is 11.9 Å². The Morgan fingerprint density at radius 1 is 1.14 bits per heavy atom. The first-order valence-electron chi connectivity index (χ1n) is 9.24. The minimum atomic E-state index is -0.516. The van der Waals surface area contributed by atoms with Gasteiger partial charge >= 0.3 is 5.97 Å². The van der Waals surface area contributed by atoms with Crippen LogP contribution in [0.4, 0.5) is 5.69 Å². The second-order valence-corrected chi connectivity index (χ2v) is 6.58. The van der Waals surface area contributed by atoms with Crippen LogP contribution < -0.4 is 14.4 Å². The summed E-state index contributed by atoms with van der Waals surface area (Å²) in [5, 5.41) is 0.895. The molecule has 0 unspecified atom stereocenters. The molecule has 1 aromatic heterocycles. The number of aromatic nitrogens is 1. The number of fused-ring (bicyclic) bond motifs is 1. The van der Waals surface area contributed by atoms with Gasteiger partial charge in [-0.25, -0.2) is 0 Å². The summed E-state index contributed by atoms with van der Waals surface area (Å²) >= 11 is 0. The van der Waals surface area contributed by atoms with Crippen LogP contribution in [-0.2, 0) is 9.59 Å². The molecule has 0 radical (unpaired) electrons. The van der Waals surface area contributed by atoms with E-state index in [9.17, 15) is 9.59 Å². The molecule has 0 aliphatic carbocycles. The molecule has 1 saturated heterocycles. The third-order valence-electron chi connectivity index (χ3n) is 4.72. The average molecular weight is 376 g/mol. The topological polar surface area (TPSA) is 68.7 Å². The van der Waals surface area contributed by atoms with E-state index in [1.807, 2.05) is 55.5 Å². The van der Waals surface area contributed by atoms with Crippen LogP contribution in [0.1, 0.15) is 13.3 Å². The summed E-state index contributed by atoms with van der Waals surface area (Å²) in [5.74, 6) is 0.132. The largest absolute Gasteiger partial charge is 0.494 e. The van der Waals surface area contributed by atoms with Gasteiger partial charge in [-0.2, -0.15) is 0 Å². The Morgan fingerprint density at radius 3 is 2.71 bits per heavy atom. The molecule has 0 saturated carbocycles. The first kappa shape index (κ1) is 18.0. The summed E-state index contributed by atoms with van der Waals surface area (Å²) in [5.41, 5.74) is 1.38. The first-order chi connectivity index (χ1) is 13.7. The van der Waals surface area contributed by atoms with Gasteiger partial charge < -0.3 is 14.4 Å². The van der Waals surface area contributed by atoms with Crippen molar-refractivity contribution in [2.24, 2.45) is 5.92 Å². The number of nitrogens with zero attached hydrogens (tertiary/aromatic N) is 2. The zero-order chi connectivity index (χ0) is 19.5. The van der Waals surface area contributed by atoms with E-state index in [0.717, 1.165) is 16.8 Å². The quantitative estimate of drug-likeness (QED) is 0.503. The summed E-state index contributed by atoms with van der Waals surface area (Å²) in [6.45, 7) is 2.79. The number of amides is 1. The summed E-state index contributed by atoms with van der Waals surface area (Å²) < 4.78 is 11.0. The Kier molecular flexibility index (Phi) is 4.93. The van der Waals surface area contributed by atoms with Crippen molar-refractivity contribution in [3.63, 3.8) is 0 Å². The zero-order valence-electron chi connectivity index (χ0n) is 15.5. The fourth-order valence-electron chi connectivity index (χ4n) is 3.35. The summed E-state index contributed by atoms with van der Waals surface area (Å²) in [7, 11) is 0. The average Bonchev–Trinajstić information content (AvgIpc) is 3.11. The number of esters is 1. The molecule has 1 aliphatic rings. The van der Waals surface area contributed by atoms with E-state index >= 15 is 0 Å². The second-order valence-electron chi connectivity index (χ2n) is 6.58. The molecule has 1 fully saturated rings. The molecule has 2 heterocycles. The molecule has 1 atom stereocenters. The smallest absolute Gasteiger partial charge is 0.316 e. The van der Waals surface area contributed by atoms with E-state index in [0.29, 0.717) is 24.4 Å². The molecule has 1 aliphatic heterocycles. The monoisotopic (exact) mass is 376 g/mol. The Bertz CT molecular complexity index is 1010. The standard InChI is InChI=1S/C22H20N2O4/c1-2-27-18-10-8-17(9-11-18)24-14-16(13-20(24)25)22(26)28-19-7-3-5-15-6-4-12-23-21(15)19/h3-12,16H,2,13-14H2,1H3/t16-/m0/s1. The van der Waals surface area contributed by atoms with E-state index in [1.54, 1.807) is 17.2 Å². The highest BCUT2D eigenvalue weighted by Gasteiger charge is 2.36. The Hall–Kier alpha value is -3.41. The summed E-state index contributed by atoms with van der Waals surface area (Å²) in [6, 6.07) is 16.5. The molecule has 142 valence electrons. The van der Waals surface area contributed by atoms with Crippen molar-refractivity contribution in [1.82, 2.24) is 4.98 Å². The highest BCUT2D eigenvalue weighted by Crippen LogP contribution is 2.29. The lowest BCUT2D eigenvalue weighted by Gasteiger charge is -2.17. The molecule has 3 aromatic rings. The van der Waals surface area contributed by atoms with Crippen molar-refractivity contribution < 1.29 is 19.1 Å². The highest BCUT2D eigenvalue weighted by atomic mass is 16.5. The summed E-state index contributed by atoms with van der Waals surface area (Å²) in [6.07, 6.45) is 1.79. The van der Waals surface area contributed by atoms with E-state index in [4.69, 9.17) is 9.47 Å². The van der Waals surface area contributed by atoms with Crippen LogP contribution >= 0.6 is 0 Å². The molecule has 0 N–H and O–H groups in total. The maximum absolute atomic E-state index is 12.7. The van der Waals surface area contributed by atoms with Gasteiger partial charge in [0.25, 0.3) is 0 Å². The molecule has 6 nitrogen and oxygen atoms in total. The van der Waals surface area contributed by atoms with E-state index in [2.05, 4.69) is 4.98 Å². The number of hydrogen-bond acceptors (Lipinski definition) is 5. The highest BCUT2D eigenvalue weighted by molar-refractivity contribution is 6.00. The van der Waals surface area contributed by atoms with Crippen molar-refractivity contribution in [1.29, 1.82) is 0 Å². The fraction of sp³-hybridized carbons (Fsp3) is 0.227. The number of pyridine rings is 1. The number of carbonyl (C=O) groups excluding carboxylic acids is 2. The third kappa shape index (κ3) is 3.53. The van der Waals surface area contributed by atoms with Gasteiger partial charge in [0.15, 0.2) is 5.75 Å². The van der Waals surface area contributed by atoms with Gasteiger partial charge in [-0.05, 0) is 43.3 Å². The normalized spacial score (nSPS) is 16.4. The molecule has 0 spiro atoms. The van der Waals surface area contributed by atoms with Crippen molar-refractivity contribution in [3.05, 3.63) is 60.8 Å². The lowest BCUT2D eigenvalue weighted by atomic mass is 10.1. The van der Waals surface area contributed by atoms with Crippen molar-refractivity contribution >= 4 is 28.5 Å². The van der Waals surface area contributed by atoms with Gasteiger partial charge in [-0.3, -0.25) is 14.6 Å². The lowest BCUT2D eigenvalue weighted by molar-refractivity contribution is -0.139. The molecule has 28 heavy (non-hydrogen) atoms. The van der Waals surface area contributed by atoms with E-state index in [-0.39, 0.29) is 12.3 Å². The minimum absolute atomic E-state index is 0.0952. The minimum Gasteiger partial charge on any atom is -0.494 e. The van der Waals surface area contributed by atoms with Crippen LogP contribution in [0.25, 0.3) is 10.9 Å². The van der Waals surface area contributed by atoms with E-state index in [1.165, 1.54) is 0 Å². The van der Waals surface area contributed by atoms with Gasteiger partial charge in [-0.1, -0.05) is 18.2 Å². The fourth-order valence-corrected chi connectivity index (χ4v) is 3.35. The number of benzene rings is 2. The molecule has 4 rings (SSSR count). The molecule has 1 amide bonds. The second kappa shape index (κ2) is 7.68. The van der Waals surface area contributed by atoms with Crippen LogP contribution in [0.5, 0.6) is 11.5 Å². The number of ether oxygens (including phenoxy) is 2. The van der Waals surface area contributed by atoms with Crippen LogP contribution in [-0.4, -0.2) is 30.0 Å². The maximum Gasteiger partial charge on any atom is 0.316 e. The third-order valence-corrected chi connectivity index (χ3v) is 4.72. The van der Waals surface area contributed by atoms with Crippen LogP contribution in [0, 0.1) is 5.92 Å². The van der Waals surface area contributed by atoms with Crippen molar-refractivity contribution in [3.8, 4) is 11.5 Å². The number of rotatable bonds is 5. The number of anilines is 1. The molecule has 6 heteroatoms. The summed E-state index contributed by atoms with van der Waals surface area (Å²) in [4.78, 5) is 31.0. The van der Waals surface area contributed by atoms with Gasteiger partial charge in [0, 0.05) is 30.2 Å². The number of hydrogen-bond donors (Lipinski definition) is 0. The lowest BCUT2D eigenvalue weighted by Crippen LogP contribution is -2.27. The number of carbonyl (C=O) groups is 2. The maximum atomic E-state index is 12.7. The molecule has 0 bridgehead atoms. The van der Waals surface area contributed by atoms with Gasteiger partial charge in [-0.15, -0.1) is 0 Å². The number of para-hydroxylation sites is 1. The molecule has 2 aromatic carbocycles. The Morgan fingerprint density at radius 2 is 1.93 bits per heavy atom. The van der Waals surface area contributed by atoms with Gasteiger partial charge in [0.05, 0.1) is 12.5 Å². The van der Waals surface area contributed by atoms with Crippen LogP contribution in [0.15, 0.2) is 60.8 Å².